The first-order valence-corrected chi connectivity index (χ1v) is 22.3. The van der Waals surface area contributed by atoms with Crippen LogP contribution in [0.4, 0.5) is 0 Å². The Hall–Kier alpha value is -1.31. The van der Waals surface area contributed by atoms with Gasteiger partial charge in [0.05, 0.1) is 11.0 Å². The predicted molar refractivity (Wildman–Crippen MR) is 163 cm³/mol. The molecular weight excluding hydrogens is 600 g/mol. The van der Waals surface area contributed by atoms with Crippen molar-refractivity contribution in [1.29, 1.82) is 0 Å². The van der Waals surface area contributed by atoms with E-state index in [0.29, 0.717) is 0 Å². The first-order chi connectivity index (χ1) is 16.4. The molecule has 2 heterocycles. The monoisotopic (exact) mass is 639 g/mol. The summed E-state index contributed by atoms with van der Waals surface area (Å²) in [6.45, 7) is 21.5. The summed E-state index contributed by atoms with van der Waals surface area (Å²) < 4.78 is 0. The van der Waals surface area contributed by atoms with E-state index in [-0.39, 0.29) is 42.9 Å². The molecule has 0 saturated carbocycles. The summed E-state index contributed by atoms with van der Waals surface area (Å²) in [6.07, 6.45) is 0. The number of nitrogens with zero attached hydrogens (tertiary/aromatic N) is 2. The quantitative estimate of drug-likeness (QED) is 0.155. The van der Waals surface area contributed by atoms with Gasteiger partial charge in [-0.3, -0.25) is 9.97 Å². The molecule has 0 atom stereocenters. The number of hydrogen-bond acceptors (Lipinski definition) is 2. The van der Waals surface area contributed by atoms with Crippen LogP contribution < -0.4 is 0 Å². The SMILES string of the molecule is C[C-](C[Si](C)C)c1ccc2ccccc2n1.C[Si](C)(C)[C-](c1ccc2ccccc2n1)[Si](C)(C)C.[Cu+].[Cu+]. The summed E-state index contributed by atoms with van der Waals surface area (Å²) >= 11 is 0. The Morgan fingerprint density at radius 3 is 1.46 bits per heavy atom. The van der Waals surface area contributed by atoms with Crippen molar-refractivity contribution in [2.45, 2.75) is 65.3 Å². The van der Waals surface area contributed by atoms with Crippen molar-refractivity contribution in [2.24, 2.45) is 0 Å². The van der Waals surface area contributed by atoms with Crippen LogP contribution in [0.25, 0.3) is 21.8 Å². The summed E-state index contributed by atoms with van der Waals surface area (Å²) in [5, 5.41) is 4.14. The number of hydrogen-bond donors (Lipinski definition) is 0. The summed E-state index contributed by atoms with van der Waals surface area (Å²) in [4.78, 5) is 9.65. The second-order valence-corrected chi connectivity index (χ2v) is 25.1. The summed E-state index contributed by atoms with van der Waals surface area (Å²) in [5.74, 6) is 1.42. The summed E-state index contributed by atoms with van der Waals surface area (Å²) in [6, 6.07) is 26.7. The number of pyridine rings is 2. The van der Waals surface area contributed by atoms with Gasteiger partial charge in [0, 0.05) is 8.80 Å². The van der Waals surface area contributed by atoms with Gasteiger partial charge in [-0.2, -0.15) is 23.2 Å². The number of benzene rings is 2. The molecule has 0 fully saturated rings. The third-order valence-electron chi connectivity index (χ3n) is 6.01. The van der Waals surface area contributed by atoms with Crippen molar-refractivity contribution in [3.05, 3.63) is 95.3 Å². The average Bonchev–Trinajstić information content (AvgIpc) is 2.77. The molecule has 2 aromatic heterocycles. The summed E-state index contributed by atoms with van der Waals surface area (Å²) in [5.41, 5.74) is 4.62. The molecule has 0 amide bonds. The summed E-state index contributed by atoms with van der Waals surface area (Å²) in [7, 11) is -2.88. The molecule has 0 N–H and O–H groups in total. The molecule has 2 nitrogen and oxygen atoms in total. The molecule has 1 radical (unpaired) electrons. The van der Waals surface area contributed by atoms with Gasteiger partial charge in [0.15, 0.2) is 0 Å². The number of fused-ring (bicyclic) bond motifs is 2. The van der Waals surface area contributed by atoms with Gasteiger partial charge >= 0.3 is 34.1 Å². The van der Waals surface area contributed by atoms with Gasteiger partial charge in [-0.15, -0.1) is 25.1 Å². The minimum atomic E-state index is -1.33. The first kappa shape index (κ1) is 33.7. The predicted octanol–water partition coefficient (Wildman–Crippen LogP) is 8.84. The van der Waals surface area contributed by atoms with E-state index in [1.165, 1.54) is 28.4 Å². The maximum atomic E-state index is 4.94. The second kappa shape index (κ2) is 14.2. The smallest absolute Gasteiger partial charge is 0.287 e. The molecule has 0 aliphatic heterocycles. The average molecular weight is 641 g/mol. The minimum Gasteiger partial charge on any atom is -0.287 e. The molecule has 205 valence electrons. The van der Waals surface area contributed by atoms with E-state index in [1.807, 2.05) is 6.07 Å². The Balaban J connectivity index is 0.000000355. The second-order valence-electron chi connectivity index (χ2n) is 11.8. The van der Waals surface area contributed by atoms with Gasteiger partial charge in [-0.25, -0.2) is 0 Å². The normalized spacial score (nSPS) is 11.3. The zero-order valence-electron chi connectivity index (χ0n) is 23.6. The molecule has 2 aromatic carbocycles. The van der Waals surface area contributed by atoms with Crippen molar-refractivity contribution < 1.29 is 34.1 Å². The minimum absolute atomic E-state index is 0. The third kappa shape index (κ3) is 9.43. The fourth-order valence-corrected chi connectivity index (χ4v) is 17.1. The largest absolute Gasteiger partial charge is 1.00 e. The topological polar surface area (TPSA) is 25.8 Å². The van der Waals surface area contributed by atoms with E-state index in [1.54, 1.807) is 5.16 Å². The molecule has 0 bridgehead atoms. The molecule has 4 aromatic rings. The standard InChI is InChI=1S/C16H24NSi2.C14H17NSi.2Cu/c1-18(2,3)16(19(4,5)6)15-12-11-13-9-7-8-10-14(13)17-15;1-11(10-16(2)3)13-9-8-12-6-4-5-7-14(12)15-13;;/h7-12H,1-6H3;4-9H,10H2,1-3H3;;/q2*-1;2*+1. The van der Waals surface area contributed by atoms with E-state index in [9.17, 15) is 0 Å². The number of rotatable bonds is 6. The number of aromatic nitrogens is 2. The van der Waals surface area contributed by atoms with Gasteiger partial charge in [0.2, 0.25) is 0 Å². The van der Waals surface area contributed by atoms with Crippen LogP contribution in [0.5, 0.6) is 0 Å². The molecule has 0 saturated heterocycles. The van der Waals surface area contributed by atoms with Crippen molar-refractivity contribution >= 4 is 46.8 Å². The molecule has 0 unspecified atom stereocenters. The third-order valence-corrected chi connectivity index (χ3v) is 15.3. The molecule has 7 heteroatoms. The van der Waals surface area contributed by atoms with Gasteiger partial charge in [-0.1, -0.05) is 100 Å². The van der Waals surface area contributed by atoms with Crippen LogP contribution in [0.15, 0.2) is 72.8 Å². The fourth-order valence-electron chi connectivity index (χ4n) is 5.02. The van der Waals surface area contributed by atoms with Gasteiger partial charge in [0.25, 0.3) is 0 Å². The van der Waals surface area contributed by atoms with Gasteiger partial charge < -0.3 is 0 Å². The van der Waals surface area contributed by atoms with Crippen LogP contribution in [0.1, 0.15) is 18.3 Å². The van der Waals surface area contributed by atoms with E-state index in [0.717, 1.165) is 16.7 Å². The molecule has 37 heavy (non-hydrogen) atoms. The van der Waals surface area contributed by atoms with Crippen LogP contribution in [0.3, 0.4) is 0 Å². The Morgan fingerprint density at radius 1 is 0.622 bits per heavy atom. The molecule has 0 spiro atoms. The number of para-hydroxylation sites is 2. The maximum Gasteiger partial charge on any atom is 1.00 e. The Bertz CT molecular complexity index is 1250. The van der Waals surface area contributed by atoms with Crippen LogP contribution in [0.2, 0.25) is 58.4 Å². The van der Waals surface area contributed by atoms with Crippen molar-refractivity contribution in [3.8, 4) is 0 Å². The maximum absolute atomic E-state index is 4.94. The van der Waals surface area contributed by atoms with Gasteiger partial charge in [-0.05, 0) is 39.1 Å². The van der Waals surface area contributed by atoms with E-state index in [2.05, 4.69) is 126 Å². The zero-order valence-corrected chi connectivity index (χ0v) is 28.5. The van der Waals surface area contributed by atoms with Crippen LogP contribution in [0, 0.1) is 11.1 Å². The van der Waals surface area contributed by atoms with E-state index >= 15 is 0 Å². The molecular formula is C30H41Cu2N2Si3. The van der Waals surface area contributed by atoms with Crippen LogP contribution >= 0.6 is 0 Å². The molecule has 4 rings (SSSR count). The van der Waals surface area contributed by atoms with Crippen molar-refractivity contribution in [2.75, 3.05) is 0 Å². The van der Waals surface area contributed by atoms with E-state index in [4.69, 9.17) is 9.97 Å². The Kier molecular flexibility index (Phi) is 12.9. The fraction of sp³-hybridized carbons (Fsp3) is 0.333. The van der Waals surface area contributed by atoms with Crippen LogP contribution in [-0.4, -0.2) is 34.9 Å². The Labute approximate surface area is 250 Å². The van der Waals surface area contributed by atoms with Crippen molar-refractivity contribution in [3.63, 3.8) is 0 Å². The Morgan fingerprint density at radius 2 is 1.03 bits per heavy atom. The molecule has 0 aliphatic rings. The first-order valence-electron chi connectivity index (χ1n) is 12.6. The molecule has 0 aliphatic carbocycles. The van der Waals surface area contributed by atoms with Crippen LogP contribution in [-0.2, 0) is 34.1 Å². The van der Waals surface area contributed by atoms with Gasteiger partial charge in [0.1, 0.15) is 0 Å². The zero-order chi connectivity index (χ0) is 25.8. The van der Waals surface area contributed by atoms with Crippen molar-refractivity contribution in [1.82, 2.24) is 9.97 Å². The van der Waals surface area contributed by atoms with E-state index < -0.39 is 16.1 Å².